The Morgan fingerprint density at radius 3 is 2.36 bits per heavy atom. The molecule has 2 aromatic carbocycles. The van der Waals surface area contributed by atoms with Gasteiger partial charge in [0, 0.05) is 5.69 Å². The Kier molecular flexibility index (Phi) is 6.98. The van der Waals surface area contributed by atoms with E-state index in [4.69, 9.17) is 9.47 Å². The number of rotatable bonds is 8. The van der Waals surface area contributed by atoms with Crippen molar-refractivity contribution in [2.45, 2.75) is 19.6 Å². The van der Waals surface area contributed by atoms with Crippen molar-refractivity contribution < 1.29 is 23.8 Å². The number of ether oxygens (including phenoxy) is 3. The number of esters is 1. The molecule has 1 amide bonds. The van der Waals surface area contributed by atoms with E-state index in [0.717, 1.165) is 5.56 Å². The first kappa shape index (κ1) is 18.5. The Bertz CT molecular complexity index is 685. The first-order valence-electron chi connectivity index (χ1n) is 7.84. The van der Waals surface area contributed by atoms with E-state index in [1.54, 1.807) is 31.2 Å². The van der Waals surface area contributed by atoms with Crippen LogP contribution in [-0.4, -0.2) is 31.7 Å². The van der Waals surface area contributed by atoms with E-state index >= 15 is 0 Å². The second kappa shape index (κ2) is 9.44. The maximum Gasteiger partial charge on any atom is 0.346 e. The Balaban J connectivity index is 1.76. The SMILES string of the molecule is COC(=O)[C@H](C)Oc1ccc(NC(=O)COCc2ccccc2)cc1. The number of hydrogen-bond acceptors (Lipinski definition) is 5. The molecule has 0 aromatic heterocycles. The molecule has 0 saturated heterocycles. The van der Waals surface area contributed by atoms with Gasteiger partial charge >= 0.3 is 5.97 Å². The molecule has 6 nitrogen and oxygen atoms in total. The summed E-state index contributed by atoms with van der Waals surface area (Å²) in [5, 5.41) is 2.73. The second-order valence-electron chi connectivity index (χ2n) is 5.33. The zero-order valence-electron chi connectivity index (χ0n) is 14.2. The van der Waals surface area contributed by atoms with Crippen molar-refractivity contribution in [3.05, 3.63) is 60.2 Å². The molecule has 0 unspecified atom stereocenters. The fraction of sp³-hybridized carbons (Fsp3) is 0.263. The molecule has 0 bridgehead atoms. The van der Waals surface area contributed by atoms with Crippen LogP contribution in [0.4, 0.5) is 5.69 Å². The van der Waals surface area contributed by atoms with E-state index < -0.39 is 12.1 Å². The van der Waals surface area contributed by atoms with Crippen molar-refractivity contribution in [3.8, 4) is 5.75 Å². The number of benzene rings is 2. The Labute approximate surface area is 146 Å². The van der Waals surface area contributed by atoms with Gasteiger partial charge in [0.1, 0.15) is 12.4 Å². The first-order chi connectivity index (χ1) is 12.1. The lowest BCUT2D eigenvalue weighted by Crippen LogP contribution is -2.24. The molecular formula is C19H21NO5. The van der Waals surface area contributed by atoms with Crippen molar-refractivity contribution in [1.29, 1.82) is 0 Å². The van der Waals surface area contributed by atoms with Gasteiger partial charge in [-0.1, -0.05) is 30.3 Å². The molecule has 2 rings (SSSR count). The van der Waals surface area contributed by atoms with Crippen molar-refractivity contribution in [3.63, 3.8) is 0 Å². The van der Waals surface area contributed by atoms with E-state index in [1.807, 2.05) is 30.3 Å². The molecule has 1 atom stereocenters. The third-order valence-corrected chi connectivity index (χ3v) is 3.33. The Morgan fingerprint density at radius 1 is 1.04 bits per heavy atom. The van der Waals surface area contributed by atoms with Crippen LogP contribution in [0.5, 0.6) is 5.75 Å². The summed E-state index contributed by atoms with van der Waals surface area (Å²) in [6.45, 7) is 1.95. The largest absolute Gasteiger partial charge is 0.479 e. The highest BCUT2D eigenvalue weighted by Crippen LogP contribution is 2.17. The lowest BCUT2D eigenvalue weighted by molar-refractivity contribution is -0.147. The molecule has 0 aliphatic heterocycles. The first-order valence-corrected chi connectivity index (χ1v) is 7.84. The van der Waals surface area contributed by atoms with Gasteiger partial charge in [-0.05, 0) is 36.8 Å². The Hall–Kier alpha value is -2.86. The van der Waals surface area contributed by atoms with E-state index in [0.29, 0.717) is 18.0 Å². The maximum atomic E-state index is 11.9. The van der Waals surface area contributed by atoms with Gasteiger partial charge in [-0.25, -0.2) is 4.79 Å². The van der Waals surface area contributed by atoms with Crippen LogP contribution in [0, 0.1) is 0 Å². The van der Waals surface area contributed by atoms with Gasteiger partial charge in [0.25, 0.3) is 0 Å². The van der Waals surface area contributed by atoms with Crippen LogP contribution in [0.1, 0.15) is 12.5 Å². The minimum Gasteiger partial charge on any atom is -0.479 e. The molecule has 0 aliphatic carbocycles. The quantitative estimate of drug-likeness (QED) is 0.746. The number of anilines is 1. The Morgan fingerprint density at radius 2 is 1.72 bits per heavy atom. The number of hydrogen-bond donors (Lipinski definition) is 1. The van der Waals surface area contributed by atoms with E-state index in [-0.39, 0.29) is 12.5 Å². The predicted octanol–water partition coefficient (Wildman–Crippen LogP) is 2.78. The molecule has 0 spiro atoms. The number of nitrogens with one attached hydrogen (secondary N) is 1. The number of methoxy groups -OCH3 is 1. The number of carbonyl (C=O) groups is 2. The summed E-state index contributed by atoms with van der Waals surface area (Å²) < 4.78 is 15.4. The molecule has 0 fully saturated rings. The topological polar surface area (TPSA) is 73.9 Å². The van der Waals surface area contributed by atoms with Crippen molar-refractivity contribution >= 4 is 17.6 Å². The summed E-state index contributed by atoms with van der Waals surface area (Å²) in [6, 6.07) is 16.4. The summed E-state index contributed by atoms with van der Waals surface area (Å²) in [5.41, 5.74) is 1.63. The zero-order chi connectivity index (χ0) is 18.1. The normalized spacial score (nSPS) is 11.4. The van der Waals surface area contributed by atoms with Gasteiger partial charge in [-0.3, -0.25) is 4.79 Å². The van der Waals surface area contributed by atoms with Crippen molar-refractivity contribution in [2.24, 2.45) is 0 Å². The number of carbonyl (C=O) groups excluding carboxylic acids is 2. The minimum atomic E-state index is -0.697. The third-order valence-electron chi connectivity index (χ3n) is 3.33. The molecule has 0 heterocycles. The smallest absolute Gasteiger partial charge is 0.346 e. The van der Waals surface area contributed by atoms with Crippen molar-refractivity contribution in [1.82, 2.24) is 0 Å². The molecule has 6 heteroatoms. The average molecular weight is 343 g/mol. The molecule has 0 aliphatic rings. The maximum absolute atomic E-state index is 11.9. The third kappa shape index (κ3) is 6.27. The fourth-order valence-corrected chi connectivity index (χ4v) is 2.07. The summed E-state index contributed by atoms with van der Waals surface area (Å²) in [5.74, 6) is -0.184. The highest BCUT2D eigenvalue weighted by atomic mass is 16.6. The van der Waals surface area contributed by atoms with Crippen LogP contribution in [0.2, 0.25) is 0 Å². The average Bonchev–Trinajstić information content (AvgIpc) is 2.63. The molecule has 0 radical (unpaired) electrons. The van der Waals surface area contributed by atoms with Crippen LogP contribution >= 0.6 is 0 Å². The zero-order valence-corrected chi connectivity index (χ0v) is 14.2. The van der Waals surface area contributed by atoms with Gasteiger partial charge in [0.05, 0.1) is 13.7 Å². The highest BCUT2D eigenvalue weighted by Gasteiger charge is 2.14. The lowest BCUT2D eigenvalue weighted by Gasteiger charge is -2.13. The van der Waals surface area contributed by atoms with Crippen LogP contribution in [0.15, 0.2) is 54.6 Å². The standard InChI is InChI=1S/C19H21NO5/c1-14(19(22)23-2)25-17-10-8-16(9-11-17)20-18(21)13-24-12-15-6-4-3-5-7-15/h3-11,14H,12-13H2,1-2H3,(H,20,21)/t14-/m0/s1. The lowest BCUT2D eigenvalue weighted by atomic mass is 10.2. The second-order valence-corrected chi connectivity index (χ2v) is 5.33. The van der Waals surface area contributed by atoms with Gasteiger partial charge < -0.3 is 19.5 Å². The van der Waals surface area contributed by atoms with Crippen LogP contribution in [-0.2, 0) is 25.7 Å². The highest BCUT2D eigenvalue weighted by molar-refractivity contribution is 5.91. The van der Waals surface area contributed by atoms with E-state index in [9.17, 15) is 9.59 Å². The monoisotopic (exact) mass is 343 g/mol. The van der Waals surface area contributed by atoms with E-state index in [2.05, 4.69) is 10.1 Å². The van der Waals surface area contributed by atoms with Gasteiger partial charge in [-0.2, -0.15) is 0 Å². The molecule has 1 N–H and O–H groups in total. The van der Waals surface area contributed by atoms with Gasteiger partial charge in [0.2, 0.25) is 5.91 Å². The fourth-order valence-electron chi connectivity index (χ4n) is 2.07. The molecule has 2 aromatic rings. The molecule has 25 heavy (non-hydrogen) atoms. The summed E-state index contributed by atoms with van der Waals surface area (Å²) >= 11 is 0. The molecule has 132 valence electrons. The van der Waals surface area contributed by atoms with Crippen molar-refractivity contribution in [2.75, 3.05) is 19.0 Å². The van der Waals surface area contributed by atoms with E-state index in [1.165, 1.54) is 7.11 Å². The molecule has 0 saturated carbocycles. The summed E-state index contributed by atoms with van der Waals surface area (Å²) in [4.78, 5) is 23.2. The van der Waals surface area contributed by atoms with Crippen LogP contribution in [0.25, 0.3) is 0 Å². The number of amides is 1. The van der Waals surface area contributed by atoms with Crippen LogP contribution in [0.3, 0.4) is 0 Å². The minimum absolute atomic E-state index is 0.0352. The van der Waals surface area contributed by atoms with Crippen LogP contribution < -0.4 is 10.1 Å². The summed E-state index contributed by atoms with van der Waals surface area (Å²) in [7, 11) is 1.31. The predicted molar refractivity (Wildman–Crippen MR) is 93.3 cm³/mol. The van der Waals surface area contributed by atoms with Gasteiger partial charge in [0.15, 0.2) is 6.10 Å². The summed E-state index contributed by atoms with van der Waals surface area (Å²) in [6.07, 6.45) is -0.697. The molecular weight excluding hydrogens is 322 g/mol. The van der Waals surface area contributed by atoms with Gasteiger partial charge in [-0.15, -0.1) is 0 Å².